The Bertz CT molecular complexity index is 1980. The van der Waals surface area contributed by atoms with Gasteiger partial charge in [0.1, 0.15) is 23.0 Å². The van der Waals surface area contributed by atoms with Crippen molar-refractivity contribution in [3.8, 4) is 0 Å². The zero-order chi connectivity index (χ0) is 38.9. The number of hydrogen-bond donors (Lipinski definition) is 0. The highest BCUT2D eigenvalue weighted by Crippen LogP contribution is 2.55. The van der Waals surface area contributed by atoms with Crippen molar-refractivity contribution in [3.63, 3.8) is 0 Å². The minimum Gasteiger partial charge on any atom is -0.444 e. The molecule has 4 fully saturated rings. The second kappa shape index (κ2) is 11.8. The number of likely N-dealkylation sites (tertiary alicyclic amines) is 2. The Kier molecular flexibility index (Phi) is 7.82. The Morgan fingerprint density at radius 2 is 0.833 bits per heavy atom. The van der Waals surface area contributed by atoms with Gasteiger partial charge in [0.15, 0.2) is 40.5 Å². The van der Waals surface area contributed by atoms with Gasteiger partial charge in [0.05, 0.1) is 0 Å². The molecule has 8 atom stereocenters. The van der Waals surface area contributed by atoms with Crippen molar-refractivity contribution in [1.82, 2.24) is 9.80 Å². The van der Waals surface area contributed by atoms with Crippen LogP contribution in [-0.4, -0.2) is 99.9 Å². The molecule has 0 spiro atoms. The standard InChI is InChI=1S/C41H40N2O11/c1-40(2,3)53-38(51)42-13-23-24(14-42)27(23)36(49)29-32(45)19-9-7-17(11-21(19)34(29)47)31(44)18-8-10-20-22(12-18)35(48)30(33(20)46)37(50)28-25-15-43(16-26(25)28)39(52)54-41(4,5)6/h7-12,23-30H,13-16H2,1-6H3/t23-,24+,25-,26+,27?,28?,29?,30?. The highest BCUT2D eigenvalue weighted by atomic mass is 16.6. The average Bonchev–Trinajstić information content (AvgIpc) is 3.66. The quantitative estimate of drug-likeness (QED) is 0.306. The van der Waals surface area contributed by atoms with Crippen LogP contribution in [0.2, 0.25) is 0 Å². The van der Waals surface area contributed by atoms with Gasteiger partial charge in [0, 0.05) is 71.4 Å². The van der Waals surface area contributed by atoms with E-state index in [1.54, 1.807) is 41.5 Å². The highest BCUT2D eigenvalue weighted by Gasteiger charge is 2.64. The second-order valence-corrected chi connectivity index (χ2v) is 17.5. The van der Waals surface area contributed by atoms with E-state index in [0.29, 0.717) is 26.2 Å². The van der Waals surface area contributed by atoms with Crippen LogP contribution in [0.5, 0.6) is 0 Å². The maximum absolute atomic E-state index is 13.7. The van der Waals surface area contributed by atoms with Gasteiger partial charge in [0.25, 0.3) is 0 Å². The summed E-state index contributed by atoms with van der Waals surface area (Å²) in [4.78, 5) is 123. The summed E-state index contributed by atoms with van der Waals surface area (Å²) in [6.07, 6.45) is -0.942. The number of piperidine rings is 2. The summed E-state index contributed by atoms with van der Waals surface area (Å²) in [7, 11) is 0. The van der Waals surface area contributed by atoms with Crippen molar-refractivity contribution >= 4 is 52.7 Å². The predicted molar refractivity (Wildman–Crippen MR) is 187 cm³/mol. The molecular weight excluding hydrogens is 696 g/mol. The summed E-state index contributed by atoms with van der Waals surface area (Å²) in [5.74, 6) is -8.85. The van der Waals surface area contributed by atoms with Gasteiger partial charge in [-0.25, -0.2) is 9.59 Å². The number of nitrogens with zero attached hydrogens (tertiary/aromatic N) is 2. The monoisotopic (exact) mass is 736 g/mol. The number of benzene rings is 2. The molecule has 8 rings (SSSR count). The number of fused-ring (bicyclic) bond motifs is 4. The van der Waals surface area contributed by atoms with Crippen molar-refractivity contribution in [2.45, 2.75) is 52.7 Å². The van der Waals surface area contributed by atoms with Crippen molar-refractivity contribution in [1.29, 1.82) is 0 Å². The SMILES string of the molecule is CC(C)(C)OC(=O)N1C[C@@H]2C(C(=O)C3C(=O)c4ccc(C(=O)c5ccc6c(c5)C(=O)C(C(=O)C5[C@H]7CN(C(=O)OC(C)(C)C)C[C@@H]57)C6=O)cc4C3=O)[C@@H]2C1. The third-order valence-corrected chi connectivity index (χ3v) is 11.6. The molecule has 2 aromatic carbocycles. The van der Waals surface area contributed by atoms with Gasteiger partial charge in [-0.2, -0.15) is 0 Å². The topological polar surface area (TPSA) is 179 Å². The van der Waals surface area contributed by atoms with Crippen LogP contribution in [0.4, 0.5) is 9.59 Å². The normalized spacial score (nSPS) is 29.1. The Hall–Kier alpha value is -5.33. The summed E-state index contributed by atoms with van der Waals surface area (Å²) in [5.41, 5.74) is -1.22. The molecule has 0 bridgehead atoms. The van der Waals surface area contributed by atoms with E-state index in [4.69, 9.17) is 9.47 Å². The van der Waals surface area contributed by atoms with E-state index in [1.807, 2.05) is 0 Å². The third-order valence-electron chi connectivity index (χ3n) is 11.6. The fourth-order valence-corrected chi connectivity index (χ4v) is 8.98. The Morgan fingerprint density at radius 3 is 1.15 bits per heavy atom. The maximum atomic E-state index is 13.7. The predicted octanol–water partition coefficient (Wildman–Crippen LogP) is 4.27. The smallest absolute Gasteiger partial charge is 0.410 e. The van der Waals surface area contributed by atoms with E-state index in [1.165, 1.54) is 46.2 Å². The lowest BCUT2D eigenvalue weighted by Gasteiger charge is -2.26. The Morgan fingerprint density at radius 1 is 0.519 bits per heavy atom. The molecule has 2 saturated heterocycles. The molecule has 2 aromatic rings. The first-order valence-electron chi connectivity index (χ1n) is 18.3. The van der Waals surface area contributed by atoms with E-state index in [2.05, 4.69) is 0 Å². The van der Waals surface area contributed by atoms with Crippen LogP contribution in [0.15, 0.2) is 36.4 Å². The van der Waals surface area contributed by atoms with E-state index in [-0.39, 0.29) is 57.1 Å². The molecule has 0 aromatic heterocycles. The van der Waals surface area contributed by atoms with Gasteiger partial charge in [0.2, 0.25) is 0 Å². The molecule has 2 amide bonds. The van der Waals surface area contributed by atoms with Gasteiger partial charge in [-0.15, -0.1) is 0 Å². The van der Waals surface area contributed by atoms with Gasteiger partial charge in [-0.3, -0.25) is 33.6 Å². The van der Waals surface area contributed by atoms with E-state index in [0.717, 1.165) is 0 Å². The lowest BCUT2D eigenvalue weighted by atomic mass is 9.93. The molecule has 4 unspecified atom stereocenters. The Labute approximate surface area is 310 Å². The molecule has 13 nitrogen and oxygen atoms in total. The molecule has 2 saturated carbocycles. The van der Waals surface area contributed by atoms with Crippen molar-refractivity contribution < 1.29 is 52.6 Å². The Balaban J connectivity index is 0.922. The van der Waals surface area contributed by atoms with Crippen molar-refractivity contribution in [2.24, 2.45) is 47.3 Å². The van der Waals surface area contributed by atoms with Gasteiger partial charge in [-0.1, -0.05) is 12.1 Å². The van der Waals surface area contributed by atoms with Crippen LogP contribution in [0, 0.1) is 47.3 Å². The molecule has 6 aliphatic rings. The zero-order valence-electron chi connectivity index (χ0n) is 30.8. The number of Topliss-reactive ketones (excluding diaryl/α,β-unsaturated/α-hetero) is 6. The first-order chi connectivity index (χ1) is 25.3. The van der Waals surface area contributed by atoms with Crippen LogP contribution in [-0.2, 0) is 19.1 Å². The van der Waals surface area contributed by atoms with Crippen LogP contribution in [0.3, 0.4) is 0 Å². The van der Waals surface area contributed by atoms with Crippen LogP contribution >= 0.6 is 0 Å². The van der Waals surface area contributed by atoms with E-state index in [9.17, 15) is 43.2 Å². The molecule has 2 heterocycles. The molecule has 54 heavy (non-hydrogen) atoms. The number of carbonyl (C=O) groups excluding carboxylic acids is 9. The number of carbonyl (C=O) groups is 9. The fraction of sp³-hybridized carbons (Fsp3) is 0.488. The summed E-state index contributed by atoms with van der Waals surface area (Å²) >= 11 is 0. The molecule has 2 aliphatic heterocycles. The van der Waals surface area contributed by atoms with E-state index >= 15 is 0 Å². The molecular formula is C41H40N2O11. The second-order valence-electron chi connectivity index (χ2n) is 17.5. The van der Waals surface area contributed by atoms with Crippen molar-refractivity contribution in [3.05, 3.63) is 69.8 Å². The number of ketones is 7. The largest absolute Gasteiger partial charge is 0.444 e. The minimum atomic E-state index is -1.51. The first kappa shape index (κ1) is 35.7. The van der Waals surface area contributed by atoms with Crippen LogP contribution in [0.1, 0.15) is 98.9 Å². The summed E-state index contributed by atoms with van der Waals surface area (Å²) in [6.45, 7) is 11.8. The van der Waals surface area contributed by atoms with Crippen molar-refractivity contribution in [2.75, 3.05) is 26.2 Å². The van der Waals surface area contributed by atoms with Gasteiger partial charge < -0.3 is 19.3 Å². The fourth-order valence-electron chi connectivity index (χ4n) is 8.98. The number of amides is 2. The molecule has 4 aliphatic carbocycles. The minimum absolute atomic E-state index is 0.0383. The lowest BCUT2D eigenvalue weighted by Crippen LogP contribution is -2.38. The van der Waals surface area contributed by atoms with Gasteiger partial charge >= 0.3 is 12.2 Å². The summed E-state index contributed by atoms with van der Waals surface area (Å²) in [5, 5.41) is 0. The first-order valence-corrected chi connectivity index (χ1v) is 18.3. The zero-order valence-corrected chi connectivity index (χ0v) is 30.8. The lowest BCUT2D eigenvalue weighted by molar-refractivity contribution is -0.123. The third kappa shape index (κ3) is 5.70. The number of rotatable bonds is 6. The summed E-state index contributed by atoms with van der Waals surface area (Å²) < 4.78 is 10.8. The number of ether oxygens (including phenoxy) is 2. The molecule has 13 heteroatoms. The molecule has 280 valence electrons. The number of hydrogen-bond acceptors (Lipinski definition) is 11. The van der Waals surface area contributed by atoms with E-state index < -0.39 is 87.5 Å². The van der Waals surface area contributed by atoms with Crippen LogP contribution in [0.25, 0.3) is 0 Å². The van der Waals surface area contributed by atoms with Crippen LogP contribution < -0.4 is 0 Å². The summed E-state index contributed by atoms with van der Waals surface area (Å²) in [6, 6.07) is 8.01. The highest BCUT2D eigenvalue weighted by molar-refractivity contribution is 6.37. The average molecular weight is 737 g/mol. The van der Waals surface area contributed by atoms with Gasteiger partial charge in [-0.05, 0) is 89.5 Å². The molecule has 0 radical (unpaired) electrons. The maximum Gasteiger partial charge on any atom is 0.410 e. The molecule has 0 N–H and O–H groups in total.